The zero-order valence-electron chi connectivity index (χ0n) is 23.2. The Kier molecular flexibility index (Phi) is 1.98. The highest BCUT2D eigenvalue weighted by atomic mass is 127. The minimum atomic E-state index is 0.784. The number of rotatable bonds is 1. The number of hydrogen-bond donors (Lipinski definition) is 0. The summed E-state index contributed by atoms with van der Waals surface area (Å²) in [7, 11) is 0. The molecule has 0 nitrogen and oxygen atoms in total. The van der Waals surface area contributed by atoms with Crippen LogP contribution < -0.4 is 0 Å². The molecule has 13 aromatic carbocycles. The number of hydrogen-bond acceptors (Lipinski definition) is 0. The Morgan fingerprint density at radius 3 is 1.21 bits per heavy atom. The van der Waals surface area contributed by atoms with E-state index in [0.717, 1.165) is 39.4 Å². The lowest BCUT2D eigenvalue weighted by Gasteiger charge is -2.63. The Labute approximate surface area is 251 Å². The summed E-state index contributed by atoms with van der Waals surface area (Å²) in [6.45, 7) is 7.08. The van der Waals surface area contributed by atoms with Crippen LogP contribution in [0.5, 0.6) is 0 Å². The molecule has 0 heterocycles. The highest BCUT2D eigenvalue weighted by molar-refractivity contribution is 14.1. The van der Waals surface area contributed by atoms with Crippen LogP contribution in [0, 0.1) is 11.8 Å². The van der Waals surface area contributed by atoms with Crippen LogP contribution in [0.25, 0.3) is 129 Å². The Morgan fingerprint density at radius 2 is 0.833 bits per heavy atom. The summed E-state index contributed by atoms with van der Waals surface area (Å²) in [6, 6.07) is 0. The quantitative estimate of drug-likeness (QED) is 0.0727. The second-order valence-corrected chi connectivity index (χ2v) is 17.5. The molecule has 17 rings (SSSR count). The number of benzene rings is 12. The third kappa shape index (κ3) is 1.11. The van der Waals surface area contributed by atoms with Crippen molar-refractivity contribution >= 4 is 152 Å². The molecule has 42 heavy (non-hydrogen) atoms. The largest absolute Gasteiger partial charge is 0.0884 e. The summed E-state index contributed by atoms with van der Waals surface area (Å²) in [5, 5.41) is 40.7. The maximum absolute atomic E-state index is 2.77. The van der Waals surface area contributed by atoms with Gasteiger partial charge in [0, 0.05) is 15.8 Å². The average molecular weight is 639 g/mol. The fourth-order valence-electron chi connectivity index (χ4n) is 13.8. The normalized spacial score (nSPS) is 32.1. The van der Waals surface area contributed by atoms with Gasteiger partial charge in [0.2, 0.25) is 0 Å². The smallest absolute Gasteiger partial charge is 0.0256 e. The number of halogens is 1. The van der Waals surface area contributed by atoms with Crippen LogP contribution in [0.15, 0.2) is 11.6 Å². The van der Waals surface area contributed by atoms with E-state index in [-0.39, 0.29) is 0 Å². The molecule has 0 N–H and O–H groups in total. The molecule has 7 atom stereocenters. The molecule has 0 bridgehead atoms. The molecule has 0 aromatic heterocycles. The Bertz CT molecular complexity index is 3390. The van der Waals surface area contributed by atoms with Crippen LogP contribution in [0.1, 0.15) is 73.1 Å². The third-order valence-corrected chi connectivity index (χ3v) is 17.2. The van der Waals surface area contributed by atoms with Crippen molar-refractivity contribution in [3.8, 4) is 0 Å². The van der Waals surface area contributed by atoms with E-state index in [1.165, 1.54) is 6.42 Å². The molecular weight excluding hydrogens is 619 g/mol. The summed E-state index contributed by atoms with van der Waals surface area (Å²) in [4.78, 5) is 0. The summed E-state index contributed by atoms with van der Waals surface area (Å²) in [6.07, 6.45) is 3.82. The molecule has 13 aromatic rings. The first kappa shape index (κ1) is 18.5. The minimum absolute atomic E-state index is 0.784. The van der Waals surface area contributed by atoms with E-state index >= 15 is 0 Å². The van der Waals surface area contributed by atoms with Gasteiger partial charge in [0.05, 0.1) is 0 Å². The molecule has 0 amide bonds. The maximum atomic E-state index is 2.77. The molecular formula is C41H19I. The van der Waals surface area contributed by atoms with Gasteiger partial charge in [-0.25, -0.2) is 0 Å². The van der Waals surface area contributed by atoms with E-state index in [4.69, 9.17) is 0 Å². The average Bonchev–Trinajstić information content (AvgIpc) is 2.92. The van der Waals surface area contributed by atoms with Crippen molar-refractivity contribution in [2.75, 3.05) is 0 Å². The summed E-state index contributed by atoms with van der Waals surface area (Å²) in [5.41, 5.74) is 8.83. The minimum Gasteiger partial charge on any atom is -0.0884 e. The second-order valence-electron chi connectivity index (χ2n) is 16.1. The lowest BCUT2D eigenvalue weighted by Crippen LogP contribution is -2.53. The third-order valence-electron chi connectivity index (χ3n) is 15.6. The molecule has 4 aliphatic rings. The van der Waals surface area contributed by atoms with Crippen molar-refractivity contribution in [1.29, 1.82) is 0 Å². The number of fused-ring (bicyclic) bond motifs is 46. The van der Waals surface area contributed by atoms with Crippen LogP contribution in [-0.2, 0) is 0 Å². The standard InChI is InChI=1S/C41H19I/c1-4-6(2)10-13-16-19-22-25-28-31-32-29-26-23-20-17-14-11-8-5-7(3)9(8)12(11)15(14)18(17)21(20)24(23)27(26)30(29)33(32)34(31)35(28)36(25)37(22)38(19)39(16)40(13)41(10)42/h4,7-10,13,40-41H,5H2,1-3H3/b6-4+. The SMILES string of the molecule is C/C=C(\C)C1C(I)C2c3c(c4c3c3c4c4c3c3c4c4c3c3c5c6c7c8c9c%10c%11c(c%10c9c8c7c6c5c43)C3CC(C)C%113)C12. The van der Waals surface area contributed by atoms with Crippen LogP contribution in [0.3, 0.4) is 0 Å². The van der Waals surface area contributed by atoms with Gasteiger partial charge in [-0.2, -0.15) is 0 Å². The first-order valence-corrected chi connectivity index (χ1v) is 17.7. The van der Waals surface area contributed by atoms with Crippen molar-refractivity contribution in [3.05, 3.63) is 33.9 Å². The van der Waals surface area contributed by atoms with Crippen molar-refractivity contribution < 1.29 is 0 Å². The van der Waals surface area contributed by atoms with Gasteiger partial charge >= 0.3 is 0 Å². The van der Waals surface area contributed by atoms with Gasteiger partial charge in [0.25, 0.3) is 0 Å². The molecule has 190 valence electrons. The zero-order chi connectivity index (χ0) is 26.2. The van der Waals surface area contributed by atoms with E-state index in [9.17, 15) is 0 Å². The molecule has 1 heteroatoms. The Balaban J connectivity index is 0.887. The highest BCUT2D eigenvalue weighted by Gasteiger charge is 2.63. The lowest BCUT2D eigenvalue weighted by atomic mass is 9.43. The Hall–Kier alpha value is -3.17. The van der Waals surface area contributed by atoms with E-state index in [0.29, 0.717) is 0 Å². The molecule has 4 aliphatic carbocycles. The van der Waals surface area contributed by atoms with Gasteiger partial charge in [-0.15, -0.1) is 0 Å². The summed E-state index contributed by atoms with van der Waals surface area (Å²) >= 11 is 2.77. The second kappa shape index (κ2) is 4.50. The first-order chi connectivity index (χ1) is 20.7. The van der Waals surface area contributed by atoms with E-state index in [2.05, 4.69) is 49.4 Å². The van der Waals surface area contributed by atoms with Crippen LogP contribution in [-0.4, -0.2) is 3.92 Å². The molecule has 0 aliphatic heterocycles. The molecule has 0 spiro atoms. The monoisotopic (exact) mass is 638 g/mol. The van der Waals surface area contributed by atoms with Crippen LogP contribution in [0.4, 0.5) is 0 Å². The van der Waals surface area contributed by atoms with E-state index in [1.807, 2.05) is 11.1 Å². The fraction of sp³-hybridized carbons (Fsp3) is 0.268. The highest BCUT2D eigenvalue weighted by Crippen LogP contribution is 2.80. The lowest BCUT2D eigenvalue weighted by molar-refractivity contribution is 0.188. The summed E-state index contributed by atoms with van der Waals surface area (Å²) < 4.78 is 0.800. The van der Waals surface area contributed by atoms with Crippen molar-refractivity contribution in [1.82, 2.24) is 0 Å². The van der Waals surface area contributed by atoms with Crippen LogP contribution >= 0.6 is 22.6 Å². The zero-order valence-corrected chi connectivity index (χ0v) is 25.4. The van der Waals surface area contributed by atoms with Crippen LogP contribution in [0.2, 0.25) is 0 Å². The van der Waals surface area contributed by atoms with E-state index in [1.54, 1.807) is 146 Å². The first-order valence-electron chi connectivity index (χ1n) is 16.4. The van der Waals surface area contributed by atoms with Crippen molar-refractivity contribution in [2.24, 2.45) is 11.8 Å². The predicted molar refractivity (Wildman–Crippen MR) is 187 cm³/mol. The van der Waals surface area contributed by atoms with Gasteiger partial charge in [-0.05, 0) is 195 Å². The number of allylic oxidation sites excluding steroid dienone is 2. The molecule has 7 unspecified atom stereocenters. The fourth-order valence-corrected chi connectivity index (χ4v) is 15.7. The molecule has 0 radical (unpaired) electrons. The van der Waals surface area contributed by atoms with Crippen molar-refractivity contribution in [3.63, 3.8) is 0 Å². The Morgan fingerprint density at radius 1 is 0.500 bits per heavy atom. The number of alkyl halides is 1. The maximum Gasteiger partial charge on any atom is 0.0256 e. The van der Waals surface area contributed by atoms with Gasteiger partial charge in [0.15, 0.2) is 0 Å². The van der Waals surface area contributed by atoms with Gasteiger partial charge < -0.3 is 0 Å². The van der Waals surface area contributed by atoms with Gasteiger partial charge in [-0.1, -0.05) is 41.2 Å². The molecule has 2 fully saturated rings. The topological polar surface area (TPSA) is 0 Å². The van der Waals surface area contributed by atoms with Gasteiger partial charge in [0.1, 0.15) is 0 Å². The predicted octanol–water partition coefficient (Wildman–Crippen LogP) is 12.0. The van der Waals surface area contributed by atoms with E-state index < -0.39 is 0 Å². The summed E-state index contributed by atoms with van der Waals surface area (Å²) in [5.74, 6) is 5.25. The van der Waals surface area contributed by atoms with Gasteiger partial charge in [-0.3, -0.25) is 0 Å². The molecule has 2 saturated carbocycles. The molecule has 0 saturated heterocycles. The van der Waals surface area contributed by atoms with Crippen molar-refractivity contribution in [2.45, 2.75) is 54.8 Å².